The second kappa shape index (κ2) is 14.0. The molecule has 10 aromatic carbocycles. The van der Waals surface area contributed by atoms with Gasteiger partial charge in [0.1, 0.15) is 0 Å². The highest BCUT2D eigenvalue weighted by atomic mass is 15.1. The molecule has 1 nitrogen and oxygen atoms in total. The van der Waals surface area contributed by atoms with Crippen LogP contribution < -0.4 is 4.90 Å². The zero-order chi connectivity index (χ0) is 40.0. The fourth-order valence-electron chi connectivity index (χ4n) is 7.87. The van der Waals surface area contributed by atoms with Crippen molar-refractivity contribution in [3.05, 3.63) is 224 Å². The lowest BCUT2D eigenvalue weighted by molar-refractivity contribution is 1.30. The molecule has 0 aromatic heterocycles. The Balaban J connectivity index is 1.11. The van der Waals surface area contributed by atoms with Gasteiger partial charge in [-0.25, -0.2) is 0 Å². The van der Waals surface area contributed by atoms with Crippen molar-refractivity contribution in [2.75, 3.05) is 4.90 Å². The average Bonchev–Trinajstić information content (AvgIpc) is 3.30. The highest BCUT2D eigenvalue weighted by molar-refractivity contribution is 6.05. The van der Waals surface area contributed by atoms with Crippen molar-refractivity contribution >= 4 is 49.4 Å². The number of hydrogen-bond acceptors (Lipinski definition) is 1. The summed E-state index contributed by atoms with van der Waals surface area (Å²) < 4.78 is 38.0. The largest absolute Gasteiger partial charge is 0.310 e. The average molecular weight is 704 g/mol. The van der Waals surface area contributed by atoms with Gasteiger partial charge in [0.05, 0.1) is 11.2 Å². The minimum absolute atomic E-state index is 0.0931. The van der Waals surface area contributed by atoms with E-state index in [1.54, 1.807) is 0 Å². The van der Waals surface area contributed by atoms with E-state index >= 15 is 0 Å². The van der Waals surface area contributed by atoms with Gasteiger partial charge in [-0.15, -0.1) is 0 Å². The molecule has 0 N–H and O–H groups in total. The summed E-state index contributed by atoms with van der Waals surface area (Å²) in [6.07, 6.45) is 0. The highest BCUT2D eigenvalue weighted by Gasteiger charge is 2.17. The van der Waals surface area contributed by atoms with E-state index in [0.29, 0.717) is 5.56 Å². The number of nitrogens with zero attached hydrogens (tertiary/aromatic N) is 1. The van der Waals surface area contributed by atoms with Crippen LogP contribution in [0.15, 0.2) is 224 Å². The van der Waals surface area contributed by atoms with Crippen LogP contribution in [0.3, 0.4) is 0 Å². The van der Waals surface area contributed by atoms with Crippen LogP contribution >= 0.6 is 0 Å². The van der Waals surface area contributed by atoms with Crippen molar-refractivity contribution < 1.29 is 5.48 Å². The lowest BCUT2D eigenvalue weighted by Gasteiger charge is -2.27. The number of benzene rings is 10. The fourth-order valence-corrected chi connectivity index (χ4v) is 7.87. The van der Waals surface area contributed by atoms with Crippen LogP contribution in [0.1, 0.15) is 5.48 Å². The molecule has 258 valence electrons. The first-order valence-corrected chi connectivity index (χ1v) is 18.6. The summed E-state index contributed by atoms with van der Waals surface area (Å²) in [6, 6.07) is 67.5. The monoisotopic (exact) mass is 703 g/mol. The Hall–Kier alpha value is -7.22. The first-order valence-electron chi connectivity index (χ1n) is 20.6. The van der Waals surface area contributed by atoms with Crippen LogP contribution in [-0.4, -0.2) is 0 Å². The number of rotatable bonds is 7. The maximum atomic E-state index is 9.57. The second-order valence-electron chi connectivity index (χ2n) is 13.8. The second-order valence-corrected chi connectivity index (χ2v) is 13.8. The van der Waals surface area contributed by atoms with E-state index in [2.05, 4.69) is 97.1 Å². The predicted octanol–water partition coefficient (Wildman–Crippen LogP) is 15.3. The van der Waals surface area contributed by atoms with E-state index in [-0.39, 0.29) is 35.4 Å². The molecule has 0 amide bonds. The van der Waals surface area contributed by atoms with Crippen molar-refractivity contribution in [2.24, 2.45) is 0 Å². The van der Waals surface area contributed by atoms with E-state index < -0.39 is 0 Å². The molecule has 55 heavy (non-hydrogen) atoms. The first-order chi connectivity index (χ1) is 29.0. The van der Waals surface area contributed by atoms with Gasteiger partial charge in [-0.05, 0) is 102 Å². The van der Waals surface area contributed by atoms with Gasteiger partial charge in [-0.1, -0.05) is 194 Å². The Morgan fingerprint density at radius 3 is 1.55 bits per heavy atom. The number of anilines is 3. The lowest BCUT2D eigenvalue weighted by atomic mass is 9.90. The van der Waals surface area contributed by atoms with Gasteiger partial charge < -0.3 is 4.90 Å². The zero-order valence-corrected chi connectivity index (χ0v) is 30.0. The van der Waals surface area contributed by atoms with Crippen LogP contribution in [0, 0.1) is 0 Å². The van der Waals surface area contributed by atoms with Gasteiger partial charge in [0.25, 0.3) is 0 Å². The van der Waals surface area contributed by atoms with Crippen molar-refractivity contribution in [1.82, 2.24) is 0 Å². The van der Waals surface area contributed by atoms with E-state index in [0.717, 1.165) is 66.3 Å². The van der Waals surface area contributed by atoms with Crippen molar-refractivity contribution in [2.45, 2.75) is 0 Å². The van der Waals surface area contributed by atoms with Gasteiger partial charge in [0.2, 0.25) is 0 Å². The van der Waals surface area contributed by atoms with Crippen molar-refractivity contribution in [3.63, 3.8) is 0 Å². The number of fused-ring (bicyclic) bond motifs is 3. The molecule has 0 saturated heterocycles. The molecule has 0 saturated carbocycles. The Morgan fingerprint density at radius 2 is 0.818 bits per heavy atom. The molecule has 0 radical (unpaired) electrons. The topological polar surface area (TPSA) is 3.24 Å². The van der Waals surface area contributed by atoms with Gasteiger partial charge in [-0.3, -0.25) is 0 Å². The molecule has 0 aliphatic heterocycles. The van der Waals surface area contributed by atoms with Crippen molar-refractivity contribution in [3.8, 4) is 44.5 Å². The van der Waals surface area contributed by atoms with Crippen LogP contribution in [-0.2, 0) is 0 Å². The van der Waals surface area contributed by atoms with Crippen LogP contribution in [0.25, 0.3) is 76.8 Å². The fraction of sp³-hybridized carbons (Fsp3) is 0. The third kappa shape index (κ3) is 6.02. The summed E-state index contributed by atoms with van der Waals surface area (Å²) in [5.74, 6) is 0. The molecular weight excluding hydrogens is 663 g/mol. The minimum atomic E-state index is -0.114. The molecule has 0 fully saturated rings. The number of hydrogen-bond donors (Lipinski definition) is 0. The molecule has 1 heteroatoms. The maximum Gasteiger partial charge on any atom is 0.0645 e. The summed E-state index contributed by atoms with van der Waals surface area (Å²) in [6.45, 7) is 0. The van der Waals surface area contributed by atoms with E-state index in [4.69, 9.17) is 0 Å². The van der Waals surface area contributed by atoms with Crippen LogP contribution in [0.2, 0.25) is 0 Å². The molecule has 0 bridgehead atoms. The van der Waals surface area contributed by atoms with E-state index in [1.807, 2.05) is 108 Å². The smallest absolute Gasteiger partial charge is 0.0645 e. The maximum absolute atomic E-state index is 9.57. The first kappa shape index (κ1) is 28.3. The van der Waals surface area contributed by atoms with Gasteiger partial charge >= 0.3 is 0 Å². The SMILES string of the molecule is [2H]c1c([2H])c(N(c2ccc(-c3ccc4ccccc4c3-c3ccccc3)cc2)c2cccc3ccccc23)c([2H])c([2H])c1-c1ccc(-c2cccc3ccccc23)cc1. The summed E-state index contributed by atoms with van der Waals surface area (Å²) in [7, 11) is 0. The van der Waals surface area contributed by atoms with Crippen molar-refractivity contribution in [1.29, 1.82) is 0 Å². The van der Waals surface area contributed by atoms with E-state index in [1.165, 1.54) is 10.8 Å². The molecule has 0 heterocycles. The summed E-state index contributed by atoms with van der Waals surface area (Å²) in [5, 5.41) is 6.58. The Morgan fingerprint density at radius 1 is 0.291 bits per heavy atom. The summed E-state index contributed by atoms with van der Waals surface area (Å²) in [5.41, 5.74) is 9.09. The molecule has 0 aliphatic carbocycles. The Bertz CT molecular complexity index is 3150. The summed E-state index contributed by atoms with van der Waals surface area (Å²) >= 11 is 0. The molecule has 0 spiro atoms. The Kier molecular flexibility index (Phi) is 7.19. The molecule has 10 aromatic rings. The molecule has 0 aliphatic rings. The zero-order valence-electron chi connectivity index (χ0n) is 34.0. The third-order valence-electron chi connectivity index (χ3n) is 10.5. The third-order valence-corrected chi connectivity index (χ3v) is 10.5. The predicted molar refractivity (Wildman–Crippen MR) is 235 cm³/mol. The Labute approximate surface area is 327 Å². The van der Waals surface area contributed by atoms with E-state index in [9.17, 15) is 5.48 Å². The highest BCUT2D eigenvalue weighted by Crippen LogP contribution is 2.42. The quantitative estimate of drug-likeness (QED) is 0.160. The van der Waals surface area contributed by atoms with Gasteiger partial charge in [0.15, 0.2) is 0 Å². The standard InChI is InChI=1S/C54H37N/c1-2-15-45(16-3-1)54-51-21-9-6-14-42(51)32-37-52(54)44-30-35-47(36-31-44)55(53-23-11-18-41-13-5-8-20-50(41)53)46-33-28-39(29-34-46)38-24-26-43(27-25-38)49-22-10-17-40-12-4-7-19-48(40)49/h1-37H/i28D,29D,33D,34D. The minimum Gasteiger partial charge on any atom is -0.310 e. The van der Waals surface area contributed by atoms with Crippen LogP contribution in [0.4, 0.5) is 17.1 Å². The lowest BCUT2D eigenvalue weighted by Crippen LogP contribution is -2.10. The van der Waals surface area contributed by atoms with Gasteiger partial charge in [-0.2, -0.15) is 0 Å². The normalized spacial score (nSPS) is 12.3. The van der Waals surface area contributed by atoms with Gasteiger partial charge in [0, 0.05) is 16.8 Å². The molecular formula is C54H37N. The van der Waals surface area contributed by atoms with Crippen LogP contribution in [0.5, 0.6) is 0 Å². The molecule has 0 atom stereocenters. The molecule has 0 unspecified atom stereocenters. The molecule has 10 rings (SSSR count). The summed E-state index contributed by atoms with van der Waals surface area (Å²) in [4.78, 5) is 1.89.